The van der Waals surface area contributed by atoms with Gasteiger partial charge in [0, 0.05) is 10.9 Å². The molecule has 1 heterocycles. The molecule has 6 heteroatoms. The number of carbonyl (C=O) groups is 2. The van der Waals surface area contributed by atoms with Crippen LogP contribution in [0.5, 0.6) is 0 Å². The first-order valence-electron chi connectivity index (χ1n) is 5.94. The summed E-state index contributed by atoms with van der Waals surface area (Å²) in [6.45, 7) is 5.07. The lowest BCUT2D eigenvalue weighted by Crippen LogP contribution is -2.45. The van der Waals surface area contributed by atoms with Crippen molar-refractivity contribution < 1.29 is 19.4 Å². The largest absolute Gasteiger partial charge is 0.481 e. The fourth-order valence-electron chi connectivity index (χ4n) is 1.60. The Balaban J connectivity index is 2.76. The molecule has 0 saturated heterocycles. The number of carbonyl (C=O) groups excluding carboxylic acids is 1. The average Bonchev–Trinajstić information content (AvgIpc) is 2.66. The lowest BCUT2D eigenvalue weighted by molar-refractivity contribution is -0.167. The number of hydrogen-bond acceptors (Lipinski definition) is 5. The molecule has 0 unspecified atom stereocenters. The number of ether oxygens (including phenoxy) is 1. The highest BCUT2D eigenvalue weighted by Crippen LogP contribution is 2.18. The van der Waals surface area contributed by atoms with Crippen molar-refractivity contribution in [3.05, 3.63) is 22.4 Å². The molecular formula is C13H19NO4S. The van der Waals surface area contributed by atoms with E-state index in [4.69, 9.17) is 15.6 Å². The monoisotopic (exact) mass is 285 g/mol. The zero-order valence-electron chi connectivity index (χ0n) is 11.3. The normalized spacial score (nSPS) is 14.7. The minimum absolute atomic E-state index is 0.341. The number of carboxylic acid groups (broad SMARTS) is 1. The zero-order chi connectivity index (χ0) is 14.6. The van der Waals surface area contributed by atoms with Crippen molar-refractivity contribution in [1.82, 2.24) is 0 Å². The smallest absolute Gasteiger partial charge is 0.322 e. The summed E-state index contributed by atoms with van der Waals surface area (Å²) in [6.07, 6.45) is 0.341. The van der Waals surface area contributed by atoms with E-state index in [0.717, 1.165) is 4.88 Å². The number of rotatable bonds is 5. The van der Waals surface area contributed by atoms with E-state index in [2.05, 4.69) is 0 Å². The van der Waals surface area contributed by atoms with Gasteiger partial charge in [-0.15, -0.1) is 11.3 Å². The van der Waals surface area contributed by atoms with Gasteiger partial charge in [0.05, 0.1) is 0 Å². The Labute approximate surface area is 116 Å². The summed E-state index contributed by atoms with van der Waals surface area (Å²) in [5.74, 6) is -3.39. The quantitative estimate of drug-likeness (QED) is 0.634. The molecule has 0 radical (unpaired) electrons. The summed E-state index contributed by atoms with van der Waals surface area (Å²) in [7, 11) is 0. The van der Waals surface area contributed by atoms with Gasteiger partial charge in [-0.25, -0.2) is 0 Å². The molecule has 0 aliphatic heterocycles. The Hall–Kier alpha value is -1.40. The van der Waals surface area contributed by atoms with E-state index < -0.39 is 29.5 Å². The number of nitrogens with two attached hydrogens (primary N) is 1. The van der Waals surface area contributed by atoms with Gasteiger partial charge in [-0.2, -0.15) is 0 Å². The number of esters is 1. The standard InChI is InChI=1S/C13H19NO4S/c1-13(2,3)18-12(17)10(11(15)16)9(14)7-8-5-4-6-19-8/h4-6,9-10H,7,14H2,1-3H3,(H,15,16)/t9-,10-/m1/s1. The average molecular weight is 285 g/mol. The van der Waals surface area contributed by atoms with Crippen LogP contribution in [0.2, 0.25) is 0 Å². The van der Waals surface area contributed by atoms with Crippen LogP contribution in [-0.2, 0) is 20.7 Å². The molecule has 1 rings (SSSR count). The van der Waals surface area contributed by atoms with Gasteiger partial charge in [0.25, 0.3) is 0 Å². The van der Waals surface area contributed by atoms with Crippen molar-refractivity contribution in [2.45, 2.75) is 38.8 Å². The summed E-state index contributed by atoms with van der Waals surface area (Å²) in [5, 5.41) is 11.0. The van der Waals surface area contributed by atoms with Crippen LogP contribution in [0.15, 0.2) is 17.5 Å². The van der Waals surface area contributed by atoms with Crippen molar-refractivity contribution in [1.29, 1.82) is 0 Å². The van der Waals surface area contributed by atoms with Gasteiger partial charge in [-0.1, -0.05) is 6.07 Å². The lowest BCUT2D eigenvalue weighted by atomic mass is 9.97. The molecule has 0 aliphatic rings. The maximum Gasteiger partial charge on any atom is 0.322 e. The maximum absolute atomic E-state index is 11.9. The van der Waals surface area contributed by atoms with Crippen LogP contribution in [0.1, 0.15) is 25.6 Å². The van der Waals surface area contributed by atoms with E-state index >= 15 is 0 Å². The van der Waals surface area contributed by atoms with Crippen molar-refractivity contribution >= 4 is 23.3 Å². The SMILES string of the molecule is CC(C)(C)OC(=O)[C@@H](C(=O)O)[C@H](N)Cc1cccs1. The summed E-state index contributed by atoms with van der Waals surface area (Å²) in [6, 6.07) is 2.92. The topological polar surface area (TPSA) is 89.6 Å². The molecule has 1 aromatic rings. The van der Waals surface area contributed by atoms with Gasteiger partial charge < -0.3 is 15.6 Å². The Bertz CT molecular complexity index is 436. The minimum Gasteiger partial charge on any atom is -0.481 e. The molecule has 2 atom stereocenters. The van der Waals surface area contributed by atoms with Gasteiger partial charge in [-0.05, 0) is 38.6 Å². The molecular weight excluding hydrogens is 266 g/mol. The van der Waals surface area contributed by atoms with Crippen LogP contribution < -0.4 is 5.73 Å². The first kappa shape index (κ1) is 15.7. The third kappa shape index (κ3) is 5.00. The van der Waals surface area contributed by atoms with E-state index in [0.29, 0.717) is 6.42 Å². The highest BCUT2D eigenvalue weighted by atomic mass is 32.1. The number of aliphatic carboxylic acids is 1. The predicted molar refractivity (Wildman–Crippen MR) is 73.0 cm³/mol. The molecule has 0 amide bonds. The summed E-state index contributed by atoms with van der Waals surface area (Å²) in [4.78, 5) is 24.1. The van der Waals surface area contributed by atoms with Crippen molar-refractivity contribution in [3.63, 3.8) is 0 Å². The Morgan fingerprint density at radius 3 is 2.53 bits per heavy atom. The maximum atomic E-state index is 11.9. The van der Waals surface area contributed by atoms with Crippen molar-refractivity contribution in [3.8, 4) is 0 Å². The molecule has 0 aromatic carbocycles. The summed E-state index contributed by atoms with van der Waals surface area (Å²) >= 11 is 1.48. The Morgan fingerprint density at radius 2 is 2.11 bits per heavy atom. The van der Waals surface area contributed by atoms with Gasteiger partial charge in [0.15, 0.2) is 5.92 Å². The number of thiophene rings is 1. The molecule has 3 N–H and O–H groups in total. The zero-order valence-corrected chi connectivity index (χ0v) is 12.1. The van der Waals surface area contributed by atoms with Gasteiger partial charge >= 0.3 is 11.9 Å². The second kappa shape index (κ2) is 6.16. The summed E-state index contributed by atoms with van der Waals surface area (Å²) in [5.41, 5.74) is 5.13. The summed E-state index contributed by atoms with van der Waals surface area (Å²) < 4.78 is 5.11. The number of hydrogen-bond donors (Lipinski definition) is 2. The molecule has 0 bridgehead atoms. The molecule has 0 spiro atoms. The van der Waals surface area contributed by atoms with Gasteiger partial charge in [0.2, 0.25) is 0 Å². The minimum atomic E-state index is -1.35. The first-order chi connectivity index (χ1) is 8.70. The van der Waals surface area contributed by atoms with E-state index in [1.165, 1.54) is 11.3 Å². The predicted octanol–water partition coefficient (Wildman–Crippen LogP) is 1.66. The Kier molecular flexibility index (Phi) is 5.08. The highest BCUT2D eigenvalue weighted by Gasteiger charge is 2.36. The second-order valence-corrected chi connectivity index (χ2v) is 6.33. The van der Waals surface area contributed by atoms with Crippen LogP contribution in [-0.4, -0.2) is 28.7 Å². The molecule has 0 saturated carbocycles. The van der Waals surface area contributed by atoms with Crippen molar-refractivity contribution in [2.75, 3.05) is 0 Å². The van der Waals surface area contributed by atoms with Crippen LogP contribution >= 0.6 is 11.3 Å². The van der Waals surface area contributed by atoms with Crippen LogP contribution in [0.4, 0.5) is 0 Å². The first-order valence-corrected chi connectivity index (χ1v) is 6.82. The van der Waals surface area contributed by atoms with Crippen LogP contribution in [0, 0.1) is 5.92 Å². The number of carboxylic acids is 1. The molecule has 19 heavy (non-hydrogen) atoms. The fourth-order valence-corrected chi connectivity index (χ4v) is 2.38. The van der Waals surface area contributed by atoms with E-state index in [-0.39, 0.29) is 0 Å². The van der Waals surface area contributed by atoms with E-state index in [1.54, 1.807) is 20.8 Å². The van der Waals surface area contributed by atoms with E-state index in [1.807, 2.05) is 17.5 Å². The lowest BCUT2D eigenvalue weighted by Gasteiger charge is -2.24. The molecule has 106 valence electrons. The van der Waals surface area contributed by atoms with Crippen LogP contribution in [0.25, 0.3) is 0 Å². The van der Waals surface area contributed by atoms with Gasteiger partial charge in [0.1, 0.15) is 5.60 Å². The molecule has 5 nitrogen and oxygen atoms in total. The molecule has 0 fully saturated rings. The van der Waals surface area contributed by atoms with Crippen molar-refractivity contribution in [2.24, 2.45) is 11.7 Å². The second-order valence-electron chi connectivity index (χ2n) is 5.30. The molecule has 1 aromatic heterocycles. The molecule has 0 aliphatic carbocycles. The fraction of sp³-hybridized carbons (Fsp3) is 0.538. The highest BCUT2D eigenvalue weighted by molar-refractivity contribution is 7.09. The van der Waals surface area contributed by atoms with Crippen LogP contribution in [0.3, 0.4) is 0 Å². The Morgan fingerprint density at radius 1 is 1.47 bits per heavy atom. The third-order valence-electron chi connectivity index (χ3n) is 2.37. The van der Waals surface area contributed by atoms with E-state index in [9.17, 15) is 9.59 Å². The third-order valence-corrected chi connectivity index (χ3v) is 3.27. The van der Waals surface area contributed by atoms with Gasteiger partial charge in [-0.3, -0.25) is 9.59 Å².